The number of benzene rings is 1. The number of carboxylic acids is 1. The number of rotatable bonds is 9. The Hall–Kier alpha value is -2.08. The fourth-order valence-electron chi connectivity index (χ4n) is 1.99. The molecule has 1 aromatic carbocycles. The second-order valence-corrected chi connectivity index (χ2v) is 5.80. The molecule has 0 saturated heterocycles. The van der Waals surface area contributed by atoms with Crippen LogP contribution in [-0.2, 0) is 16.1 Å². The van der Waals surface area contributed by atoms with Crippen molar-refractivity contribution in [2.45, 2.75) is 32.9 Å². The topological polar surface area (TPSA) is 78.9 Å². The van der Waals surface area contributed by atoms with Crippen molar-refractivity contribution in [2.24, 2.45) is 5.92 Å². The summed E-state index contributed by atoms with van der Waals surface area (Å²) in [6, 6.07) is 9.59. The van der Waals surface area contributed by atoms with Crippen LogP contribution in [0.15, 0.2) is 30.3 Å². The van der Waals surface area contributed by atoms with Gasteiger partial charge in [0.25, 0.3) is 0 Å². The van der Waals surface area contributed by atoms with Crippen molar-refractivity contribution in [1.82, 2.24) is 10.2 Å². The molecule has 0 saturated carbocycles. The predicted octanol–water partition coefficient (Wildman–Crippen LogP) is 2.34. The Kier molecular flexibility index (Phi) is 8.11. The number of carbonyl (C=O) groups is 2. The molecule has 1 rings (SSSR count). The molecule has 0 aliphatic rings. The van der Waals surface area contributed by atoms with Crippen molar-refractivity contribution in [3.05, 3.63) is 35.9 Å². The van der Waals surface area contributed by atoms with Gasteiger partial charge in [-0.1, -0.05) is 37.3 Å². The molecule has 6 heteroatoms. The van der Waals surface area contributed by atoms with Crippen molar-refractivity contribution in [3.8, 4) is 0 Å². The molecule has 128 valence electrons. The van der Waals surface area contributed by atoms with Gasteiger partial charge in [-0.3, -0.25) is 4.79 Å². The van der Waals surface area contributed by atoms with E-state index in [0.717, 1.165) is 5.56 Å². The maximum atomic E-state index is 11.9. The molecule has 0 aromatic heterocycles. The van der Waals surface area contributed by atoms with Crippen molar-refractivity contribution in [1.29, 1.82) is 0 Å². The predicted molar refractivity (Wildman–Crippen MR) is 88.1 cm³/mol. The van der Waals surface area contributed by atoms with Gasteiger partial charge < -0.3 is 20.1 Å². The van der Waals surface area contributed by atoms with E-state index in [1.165, 1.54) is 4.90 Å². The van der Waals surface area contributed by atoms with E-state index >= 15 is 0 Å². The van der Waals surface area contributed by atoms with Gasteiger partial charge in [0.2, 0.25) is 0 Å². The van der Waals surface area contributed by atoms with Crippen LogP contribution < -0.4 is 5.32 Å². The number of amides is 2. The molecule has 0 fully saturated rings. The van der Waals surface area contributed by atoms with Gasteiger partial charge in [0.15, 0.2) is 0 Å². The average molecular weight is 322 g/mol. The molecule has 0 spiro atoms. The molecule has 0 aliphatic heterocycles. The maximum absolute atomic E-state index is 11.9. The van der Waals surface area contributed by atoms with E-state index in [1.54, 1.807) is 14.0 Å². The summed E-state index contributed by atoms with van der Waals surface area (Å²) in [4.78, 5) is 24.1. The van der Waals surface area contributed by atoms with Crippen molar-refractivity contribution < 1.29 is 19.4 Å². The van der Waals surface area contributed by atoms with Crippen LogP contribution in [0, 0.1) is 5.92 Å². The lowest BCUT2D eigenvalue weighted by Gasteiger charge is -2.22. The van der Waals surface area contributed by atoms with Gasteiger partial charge in [-0.2, -0.15) is 0 Å². The molecular weight excluding hydrogens is 296 g/mol. The summed E-state index contributed by atoms with van der Waals surface area (Å²) < 4.78 is 5.59. The first-order valence-corrected chi connectivity index (χ1v) is 7.76. The highest BCUT2D eigenvalue weighted by Crippen LogP contribution is 2.03. The zero-order valence-corrected chi connectivity index (χ0v) is 14.0. The van der Waals surface area contributed by atoms with Crippen LogP contribution in [0.1, 0.15) is 25.8 Å². The Morgan fingerprint density at radius 3 is 2.52 bits per heavy atom. The second kappa shape index (κ2) is 9.84. The van der Waals surface area contributed by atoms with E-state index in [1.807, 2.05) is 37.3 Å². The normalized spacial score (nSPS) is 13.2. The molecule has 2 unspecified atom stereocenters. The fraction of sp³-hybridized carbons (Fsp3) is 0.529. The van der Waals surface area contributed by atoms with Gasteiger partial charge in [-0.05, 0) is 18.9 Å². The van der Waals surface area contributed by atoms with Crippen molar-refractivity contribution in [2.75, 3.05) is 20.2 Å². The van der Waals surface area contributed by atoms with Crippen LogP contribution in [0.25, 0.3) is 0 Å². The molecule has 2 N–H and O–H groups in total. The Labute approximate surface area is 137 Å². The molecule has 0 radical (unpaired) electrons. The van der Waals surface area contributed by atoms with Gasteiger partial charge in [0.1, 0.15) is 0 Å². The number of carboxylic acid groups (broad SMARTS) is 1. The first kappa shape index (κ1) is 19.0. The Morgan fingerprint density at radius 1 is 1.26 bits per heavy atom. The van der Waals surface area contributed by atoms with Crippen LogP contribution >= 0.6 is 0 Å². The number of hydrogen-bond acceptors (Lipinski definition) is 3. The van der Waals surface area contributed by atoms with E-state index in [0.29, 0.717) is 19.6 Å². The van der Waals surface area contributed by atoms with Gasteiger partial charge in [0, 0.05) is 26.2 Å². The van der Waals surface area contributed by atoms with Gasteiger partial charge in [0.05, 0.1) is 12.5 Å². The van der Waals surface area contributed by atoms with Crippen LogP contribution in [0.4, 0.5) is 4.79 Å². The molecule has 2 atom stereocenters. The van der Waals surface area contributed by atoms with Gasteiger partial charge in [-0.25, -0.2) is 4.79 Å². The molecule has 6 nitrogen and oxygen atoms in total. The van der Waals surface area contributed by atoms with Crippen LogP contribution in [-0.4, -0.2) is 48.2 Å². The first-order chi connectivity index (χ1) is 10.9. The lowest BCUT2D eigenvalue weighted by atomic mass is 10.2. The van der Waals surface area contributed by atoms with Crippen LogP contribution in [0.3, 0.4) is 0 Å². The Bertz CT molecular complexity index is 493. The number of urea groups is 1. The number of nitrogens with one attached hydrogen (secondary N) is 1. The standard InChI is InChI=1S/C17H26N2O4/c1-13(16(20)21)11-19(3)17(22)18-14(2)9-10-23-12-15-7-5-4-6-8-15/h4-8,13-14H,9-12H2,1-3H3,(H,18,22)(H,20,21). The zero-order valence-electron chi connectivity index (χ0n) is 14.0. The third-order valence-electron chi connectivity index (χ3n) is 3.49. The average Bonchev–Trinajstić information content (AvgIpc) is 2.52. The number of ether oxygens (including phenoxy) is 1. The minimum Gasteiger partial charge on any atom is -0.481 e. The smallest absolute Gasteiger partial charge is 0.317 e. The summed E-state index contributed by atoms with van der Waals surface area (Å²) in [6.45, 7) is 4.76. The van der Waals surface area contributed by atoms with Crippen LogP contribution in [0.2, 0.25) is 0 Å². The van der Waals surface area contributed by atoms with E-state index < -0.39 is 11.9 Å². The van der Waals surface area contributed by atoms with Crippen molar-refractivity contribution >= 4 is 12.0 Å². The third-order valence-corrected chi connectivity index (χ3v) is 3.49. The number of carbonyl (C=O) groups excluding carboxylic acids is 1. The van der Waals surface area contributed by atoms with E-state index in [9.17, 15) is 9.59 Å². The number of nitrogens with zero attached hydrogens (tertiary/aromatic N) is 1. The summed E-state index contributed by atoms with van der Waals surface area (Å²) in [5.74, 6) is -1.50. The third kappa shape index (κ3) is 7.65. The number of aliphatic carboxylic acids is 1. The first-order valence-electron chi connectivity index (χ1n) is 7.76. The Morgan fingerprint density at radius 2 is 1.91 bits per heavy atom. The summed E-state index contributed by atoms with van der Waals surface area (Å²) >= 11 is 0. The lowest BCUT2D eigenvalue weighted by molar-refractivity contribution is -0.141. The highest BCUT2D eigenvalue weighted by molar-refractivity contribution is 5.75. The highest BCUT2D eigenvalue weighted by Gasteiger charge is 2.18. The second-order valence-electron chi connectivity index (χ2n) is 5.80. The Balaban J connectivity index is 2.21. The molecule has 0 bridgehead atoms. The maximum Gasteiger partial charge on any atom is 0.317 e. The summed E-state index contributed by atoms with van der Waals surface area (Å²) in [6.07, 6.45) is 0.695. The van der Waals surface area contributed by atoms with Gasteiger partial charge in [-0.15, -0.1) is 0 Å². The highest BCUT2D eigenvalue weighted by atomic mass is 16.5. The molecule has 1 aromatic rings. The molecule has 0 aliphatic carbocycles. The molecular formula is C17H26N2O4. The summed E-state index contributed by atoms with van der Waals surface area (Å²) in [5, 5.41) is 11.7. The molecule has 23 heavy (non-hydrogen) atoms. The quantitative estimate of drug-likeness (QED) is 0.684. The largest absolute Gasteiger partial charge is 0.481 e. The monoisotopic (exact) mass is 322 g/mol. The number of hydrogen-bond donors (Lipinski definition) is 2. The summed E-state index contributed by atoms with van der Waals surface area (Å²) in [7, 11) is 1.59. The fourth-order valence-corrected chi connectivity index (χ4v) is 1.99. The van der Waals surface area contributed by atoms with E-state index in [2.05, 4.69) is 5.32 Å². The minimum absolute atomic E-state index is 0.0409. The van der Waals surface area contributed by atoms with Crippen LogP contribution in [0.5, 0.6) is 0 Å². The molecule has 0 heterocycles. The zero-order chi connectivity index (χ0) is 17.2. The van der Waals surface area contributed by atoms with E-state index in [4.69, 9.17) is 9.84 Å². The summed E-state index contributed by atoms with van der Waals surface area (Å²) in [5.41, 5.74) is 1.12. The van der Waals surface area contributed by atoms with Gasteiger partial charge >= 0.3 is 12.0 Å². The molecule has 2 amide bonds. The SMILES string of the molecule is CC(CCOCc1ccccc1)NC(=O)N(C)CC(C)C(=O)O. The van der Waals surface area contributed by atoms with E-state index in [-0.39, 0.29) is 18.6 Å². The van der Waals surface area contributed by atoms with Crippen molar-refractivity contribution in [3.63, 3.8) is 0 Å². The minimum atomic E-state index is -0.910. The lowest BCUT2D eigenvalue weighted by Crippen LogP contribution is -2.44.